The van der Waals surface area contributed by atoms with Gasteiger partial charge < -0.3 is 10.6 Å². The highest BCUT2D eigenvalue weighted by molar-refractivity contribution is 5.80. The zero-order chi connectivity index (χ0) is 14.5. The number of hydrogen-bond acceptors (Lipinski definition) is 2. The zero-order valence-corrected chi connectivity index (χ0v) is 12.0. The van der Waals surface area contributed by atoms with Crippen LogP contribution in [-0.4, -0.2) is 19.0 Å². The smallest absolute Gasteiger partial charge is 0.225 e. The van der Waals surface area contributed by atoms with Crippen LogP contribution in [-0.2, 0) is 11.3 Å². The molecule has 1 amide bonds. The van der Waals surface area contributed by atoms with Gasteiger partial charge in [0.15, 0.2) is 0 Å². The van der Waals surface area contributed by atoms with Gasteiger partial charge in [-0.2, -0.15) is 0 Å². The fourth-order valence-corrected chi connectivity index (χ4v) is 2.92. The van der Waals surface area contributed by atoms with E-state index < -0.39 is 0 Å². The molecule has 3 heteroatoms. The molecule has 2 N–H and O–H groups in total. The van der Waals surface area contributed by atoms with Crippen LogP contribution in [0.15, 0.2) is 60.7 Å². The third-order valence-corrected chi connectivity index (χ3v) is 4.09. The summed E-state index contributed by atoms with van der Waals surface area (Å²) in [6.07, 6.45) is 0. The van der Waals surface area contributed by atoms with Crippen molar-refractivity contribution in [3.8, 4) is 0 Å². The predicted octanol–water partition coefficient (Wildman–Crippen LogP) is 2.31. The first-order valence-electron chi connectivity index (χ1n) is 7.42. The lowest BCUT2D eigenvalue weighted by Crippen LogP contribution is -2.33. The van der Waals surface area contributed by atoms with Gasteiger partial charge in [0.1, 0.15) is 0 Å². The van der Waals surface area contributed by atoms with Crippen molar-refractivity contribution in [3.05, 3.63) is 71.8 Å². The molecule has 108 valence electrons. The van der Waals surface area contributed by atoms with Crippen LogP contribution in [0.3, 0.4) is 0 Å². The average molecular weight is 280 g/mol. The monoisotopic (exact) mass is 280 g/mol. The lowest BCUT2D eigenvalue weighted by molar-refractivity contribution is -0.125. The van der Waals surface area contributed by atoms with Gasteiger partial charge in [0, 0.05) is 25.6 Å². The lowest BCUT2D eigenvalue weighted by atomic mass is 9.88. The molecule has 0 bridgehead atoms. The molecular weight excluding hydrogens is 260 g/mol. The molecule has 0 aliphatic carbocycles. The molecule has 1 aliphatic heterocycles. The Balaban J connectivity index is 1.64. The summed E-state index contributed by atoms with van der Waals surface area (Å²) in [7, 11) is 0. The van der Waals surface area contributed by atoms with Gasteiger partial charge in [-0.1, -0.05) is 60.7 Å². The van der Waals surface area contributed by atoms with Gasteiger partial charge in [0.05, 0.1) is 5.92 Å². The van der Waals surface area contributed by atoms with Crippen LogP contribution in [0.5, 0.6) is 0 Å². The number of amides is 1. The van der Waals surface area contributed by atoms with Crippen LogP contribution in [0.1, 0.15) is 17.0 Å². The highest BCUT2D eigenvalue weighted by atomic mass is 16.1. The van der Waals surface area contributed by atoms with E-state index in [1.54, 1.807) is 0 Å². The van der Waals surface area contributed by atoms with Crippen molar-refractivity contribution in [2.75, 3.05) is 13.1 Å². The fraction of sp³-hybridized carbons (Fsp3) is 0.278. The summed E-state index contributed by atoms with van der Waals surface area (Å²) in [6, 6.07) is 20.3. The van der Waals surface area contributed by atoms with Gasteiger partial charge in [-0.05, 0) is 11.1 Å². The van der Waals surface area contributed by atoms with Crippen molar-refractivity contribution in [1.29, 1.82) is 0 Å². The molecule has 2 aromatic carbocycles. The number of carbonyl (C=O) groups excluding carboxylic acids is 1. The van der Waals surface area contributed by atoms with Crippen molar-refractivity contribution in [2.45, 2.75) is 12.5 Å². The van der Waals surface area contributed by atoms with E-state index in [4.69, 9.17) is 0 Å². The van der Waals surface area contributed by atoms with Gasteiger partial charge in [-0.3, -0.25) is 4.79 Å². The van der Waals surface area contributed by atoms with E-state index in [0.717, 1.165) is 18.7 Å². The second kappa shape index (κ2) is 6.55. The number of carbonyl (C=O) groups is 1. The molecule has 21 heavy (non-hydrogen) atoms. The number of nitrogens with one attached hydrogen (secondary N) is 2. The molecule has 1 heterocycles. The molecule has 0 saturated carbocycles. The summed E-state index contributed by atoms with van der Waals surface area (Å²) in [5.74, 6) is 0.413. The van der Waals surface area contributed by atoms with E-state index in [9.17, 15) is 4.79 Å². The van der Waals surface area contributed by atoms with Gasteiger partial charge >= 0.3 is 0 Å². The highest BCUT2D eigenvalue weighted by Crippen LogP contribution is 2.28. The molecule has 3 rings (SSSR count). The minimum absolute atomic E-state index is 0.0103. The lowest BCUT2D eigenvalue weighted by Gasteiger charge is -2.18. The topological polar surface area (TPSA) is 41.1 Å². The van der Waals surface area contributed by atoms with Crippen LogP contribution >= 0.6 is 0 Å². The third kappa shape index (κ3) is 3.31. The molecule has 3 nitrogen and oxygen atoms in total. The molecule has 0 aromatic heterocycles. The zero-order valence-electron chi connectivity index (χ0n) is 12.0. The first kappa shape index (κ1) is 13.8. The van der Waals surface area contributed by atoms with E-state index >= 15 is 0 Å². The summed E-state index contributed by atoms with van der Waals surface area (Å²) >= 11 is 0. The normalized spacial score (nSPS) is 21.1. The first-order chi connectivity index (χ1) is 10.3. The minimum Gasteiger partial charge on any atom is -0.352 e. The van der Waals surface area contributed by atoms with Crippen LogP contribution < -0.4 is 10.6 Å². The van der Waals surface area contributed by atoms with Crippen molar-refractivity contribution in [2.24, 2.45) is 5.92 Å². The molecule has 0 radical (unpaired) electrons. The summed E-state index contributed by atoms with van der Waals surface area (Å²) in [5, 5.41) is 6.40. The fourth-order valence-electron chi connectivity index (χ4n) is 2.92. The van der Waals surface area contributed by atoms with E-state index in [1.165, 1.54) is 5.56 Å². The van der Waals surface area contributed by atoms with E-state index in [1.807, 2.05) is 48.5 Å². The van der Waals surface area contributed by atoms with Crippen LogP contribution in [0.2, 0.25) is 0 Å². The average Bonchev–Trinajstić information content (AvgIpc) is 3.04. The molecule has 2 aromatic rings. The maximum Gasteiger partial charge on any atom is 0.225 e. The molecule has 2 atom stereocenters. The maximum absolute atomic E-state index is 12.5. The SMILES string of the molecule is O=C(NCc1ccccc1)C1CNC[C@H]1c1ccccc1. The number of rotatable bonds is 4. The molecular formula is C18H20N2O. The quantitative estimate of drug-likeness (QED) is 0.902. The van der Waals surface area contributed by atoms with Gasteiger partial charge in [0.2, 0.25) is 5.91 Å². The Morgan fingerprint density at radius 2 is 1.67 bits per heavy atom. The summed E-state index contributed by atoms with van der Waals surface area (Å²) in [6.45, 7) is 2.21. The summed E-state index contributed by atoms with van der Waals surface area (Å²) < 4.78 is 0. The van der Waals surface area contributed by atoms with Gasteiger partial charge in [-0.25, -0.2) is 0 Å². The second-order valence-corrected chi connectivity index (χ2v) is 5.49. The number of benzene rings is 2. The van der Waals surface area contributed by atoms with E-state index in [-0.39, 0.29) is 17.7 Å². The minimum atomic E-state index is 0.0103. The molecule has 1 fully saturated rings. The van der Waals surface area contributed by atoms with Crippen molar-refractivity contribution < 1.29 is 4.79 Å². The standard InChI is InChI=1S/C18H20N2O/c21-18(20-11-14-7-3-1-4-8-14)17-13-19-12-16(17)15-9-5-2-6-10-15/h1-10,16-17,19H,11-13H2,(H,20,21)/t16-,17?/m0/s1. The largest absolute Gasteiger partial charge is 0.352 e. The van der Waals surface area contributed by atoms with Crippen LogP contribution in [0, 0.1) is 5.92 Å². The highest BCUT2D eigenvalue weighted by Gasteiger charge is 2.33. The Bertz CT molecular complexity index is 583. The Kier molecular flexibility index (Phi) is 4.31. The molecule has 1 saturated heterocycles. The second-order valence-electron chi connectivity index (χ2n) is 5.49. The number of hydrogen-bond donors (Lipinski definition) is 2. The van der Waals surface area contributed by atoms with Crippen molar-refractivity contribution in [1.82, 2.24) is 10.6 Å². The third-order valence-electron chi connectivity index (χ3n) is 4.09. The maximum atomic E-state index is 12.5. The van der Waals surface area contributed by atoms with Gasteiger partial charge in [0.25, 0.3) is 0 Å². The van der Waals surface area contributed by atoms with Crippen molar-refractivity contribution in [3.63, 3.8) is 0 Å². The van der Waals surface area contributed by atoms with E-state index in [2.05, 4.69) is 22.8 Å². The van der Waals surface area contributed by atoms with Crippen LogP contribution in [0.4, 0.5) is 0 Å². The predicted molar refractivity (Wildman–Crippen MR) is 83.8 cm³/mol. The summed E-state index contributed by atoms with van der Waals surface area (Å²) in [5.41, 5.74) is 2.37. The van der Waals surface area contributed by atoms with E-state index in [0.29, 0.717) is 6.54 Å². The molecule has 1 unspecified atom stereocenters. The molecule has 0 spiro atoms. The van der Waals surface area contributed by atoms with Crippen LogP contribution in [0.25, 0.3) is 0 Å². The Morgan fingerprint density at radius 1 is 1.00 bits per heavy atom. The Labute approximate surface area is 125 Å². The van der Waals surface area contributed by atoms with Gasteiger partial charge in [-0.15, -0.1) is 0 Å². The summed E-state index contributed by atoms with van der Waals surface area (Å²) in [4.78, 5) is 12.5. The molecule has 1 aliphatic rings. The first-order valence-corrected chi connectivity index (χ1v) is 7.42. The van der Waals surface area contributed by atoms with Crippen molar-refractivity contribution >= 4 is 5.91 Å². The Morgan fingerprint density at radius 3 is 2.38 bits per heavy atom. The Hall–Kier alpha value is -2.13.